The number of nitrogens with zero attached hydrogens (tertiary/aromatic N) is 1. The Morgan fingerprint density at radius 2 is 2.00 bits per heavy atom. The van der Waals surface area contributed by atoms with Crippen molar-refractivity contribution in [2.45, 2.75) is 31.6 Å². The lowest BCUT2D eigenvalue weighted by molar-refractivity contribution is 0.0642. The molecule has 0 saturated carbocycles. The number of furan rings is 1. The number of hydrogen-bond acceptors (Lipinski definition) is 5. The topological polar surface area (TPSA) is 88.9 Å². The summed E-state index contributed by atoms with van der Waals surface area (Å²) in [6, 6.07) is 8.10. The highest BCUT2D eigenvalue weighted by atomic mass is 32.2. The molecule has 1 atom stereocenters. The van der Waals surface area contributed by atoms with Crippen LogP contribution >= 0.6 is 0 Å². The number of nitrogens with one attached hydrogen (secondary N) is 1. The van der Waals surface area contributed by atoms with E-state index in [4.69, 9.17) is 9.15 Å². The minimum absolute atomic E-state index is 0.0575. The van der Waals surface area contributed by atoms with Crippen LogP contribution in [0.25, 0.3) is 0 Å². The highest BCUT2D eigenvalue weighted by molar-refractivity contribution is 7.89. The van der Waals surface area contributed by atoms with Crippen LogP contribution in [-0.4, -0.2) is 46.0 Å². The molecule has 2 aromatic rings. The summed E-state index contributed by atoms with van der Waals surface area (Å²) >= 11 is 0. The molecule has 1 aliphatic heterocycles. The van der Waals surface area contributed by atoms with Crippen LogP contribution in [0, 0.1) is 19.8 Å². The number of aryl methyl sites for hydroxylation is 2. The number of likely N-dealkylation sites (tertiary alicyclic amines) is 1. The standard InChI is InChI=1S/C20H26N2O5S/c1-14-11-15(2)27-19(14)20(23)22-10-4-5-16(13-22)12-21-28(24,25)18-8-6-17(26-3)7-9-18/h6-9,11,16,21H,4-5,10,12-13H2,1-3H3/t16-/m1/s1. The van der Waals surface area contributed by atoms with Crippen molar-refractivity contribution in [1.29, 1.82) is 0 Å². The monoisotopic (exact) mass is 406 g/mol. The van der Waals surface area contributed by atoms with Crippen LogP contribution in [0.15, 0.2) is 39.6 Å². The van der Waals surface area contributed by atoms with Crippen molar-refractivity contribution < 1.29 is 22.4 Å². The molecule has 0 bridgehead atoms. The second-order valence-electron chi connectivity index (χ2n) is 7.16. The van der Waals surface area contributed by atoms with Gasteiger partial charge >= 0.3 is 0 Å². The lowest BCUT2D eigenvalue weighted by atomic mass is 9.98. The van der Waals surface area contributed by atoms with Gasteiger partial charge in [-0.2, -0.15) is 0 Å². The number of carbonyl (C=O) groups excluding carboxylic acids is 1. The second kappa shape index (κ2) is 8.36. The zero-order valence-corrected chi connectivity index (χ0v) is 17.2. The van der Waals surface area contributed by atoms with E-state index in [9.17, 15) is 13.2 Å². The van der Waals surface area contributed by atoms with Gasteiger partial charge in [-0.1, -0.05) is 0 Å². The molecule has 1 aliphatic rings. The molecule has 0 aliphatic carbocycles. The number of carbonyl (C=O) groups is 1. The smallest absolute Gasteiger partial charge is 0.289 e. The summed E-state index contributed by atoms with van der Waals surface area (Å²) in [5.74, 6) is 1.61. The van der Waals surface area contributed by atoms with Gasteiger partial charge in [-0.15, -0.1) is 0 Å². The second-order valence-corrected chi connectivity index (χ2v) is 8.92. The van der Waals surface area contributed by atoms with Crippen LogP contribution in [0.5, 0.6) is 5.75 Å². The van der Waals surface area contributed by atoms with Crippen molar-refractivity contribution in [2.24, 2.45) is 5.92 Å². The molecule has 152 valence electrons. The predicted octanol–water partition coefficient (Wildman–Crippen LogP) is 2.74. The Morgan fingerprint density at radius 3 is 2.61 bits per heavy atom. The zero-order valence-electron chi connectivity index (χ0n) is 16.4. The molecule has 0 radical (unpaired) electrons. The summed E-state index contributed by atoms with van der Waals surface area (Å²) < 4.78 is 38.3. The maximum absolute atomic E-state index is 12.7. The number of piperidine rings is 1. The van der Waals surface area contributed by atoms with Crippen LogP contribution < -0.4 is 9.46 Å². The number of benzene rings is 1. The summed E-state index contributed by atoms with van der Waals surface area (Å²) in [5.41, 5.74) is 0.824. The van der Waals surface area contributed by atoms with Gasteiger partial charge in [-0.25, -0.2) is 13.1 Å². The number of methoxy groups -OCH3 is 1. The number of sulfonamides is 1. The molecule has 1 fully saturated rings. The first-order valence-corrected chi connectivity index (χ1v) is 10.8. The Hall–Kier alpha value is -2.32. The summed E-state index contributed by atoms with van der Waals surface area (Å²) in [6.45, 7) is 5.11. The van der Waals surface area contributed by atoms with Gasteiger partial charge in [0.1, 0.15) is 11.5 Å². The van der Waals surface area contributed by atoms with Gasteiger partial charge in [-0.3, -0.25) is 4.79 Å². The van der Waals surface area contributed by atoms with Crippen molar-refractivity contribution in [1.82, 2.24) is 9.62 Å². The molecule has 1 saturated heterocycles. The fourth-order valence-electron chi connectivity index (χ4n) is 3.48. The van der Waals surface area contributed by atoms with Gasteiger partial charge in [-0.05, 0) is 62.9 Å². The van der Waals surface area contributed by atoms with E-state index in [2.05, 4.69) is 4.72 Å². The summed E-state index contributed by atoms with van der Waals surface area (Å²) in [5, 5.41) is 0. The molecule has 1 N–H and O–H groups in total. The molecule has 0 unspecified atom stereocenters. The van der Waals surface area contributed by atoms with Gasteiger partial charge in [0, 0.05) is 25.2 Å². The molecule has 0 spiro atoms. The SMILES string of the molecule is COc1ccc(S(=O)(=O)NC[C@H]2CCCN(C(=O)c3oc(C)cc3C)C2)cc1. The van der Waals surface area contributed by atoms with E-state index in [0.29, 0.717) is 30.4 Å². The Balaban J connectivity index is 1.61. The lowest BCUT2D eigenvalue weighted by Crippen LogP contribution is -2.43. The third-order valence-corrected chi connectivity index (χ3v) is 6.41. The van der Waals surface area contributed by atoms with E-state index in [-0.39, 0.29) is 23.3 Å². The normalized spacial score (nSPS) is 17.5. The minimum atomic E-state index is -3.61. The maximum Gasteiger partial charge on any atom is 0.289 e. The highest BCUT2D eigenvalue weighted by Gasteiger charge is 2.28. The molecular weight excluding hydrogens is 380 g/mol. The predicted molar refractivity (Wildman–Crippen MR) is 105 cm³/mol. The Labute approximate surface area is 165 Å². The maximum atomic E-state index is 12.7. The van der Waals surface area contributed by atoms with Gasteiger partial charge in [0.15, 0.2) is 5.76 Å². The number of rotatable bonds is 6. The summed E-state index contributed by atoms with van der Waals surface area (Å²) in [6.07, 6.45) is 1.70. The fourth-order valence-corrected chi connectivity index (χ4v) is 4.60. The number of hydrogen-bond donors (Lipinski definition) is 1. The van der Waals surface area contributed by atoms with Crippen molar-refractivity contribution in [3.63, 3.8) is 0 Å². The molecule has 1 aromatic carbocycles. The molecule has 1 aromatic heterocycles. The van der Waals surface area contributed by atoms with E-state index in [0.717, 1.165) is 18.4 Å². The molecule has 1 amide bonds. The van der Waals surface area contributed by atoms with Gasteiger partial charge in [0.25, 0.3) is 5.91 Å². The van der Waals surface area contributed by atoms with Gasteiger partial charge < -0.3 is 14.1 Å². The first-order valence-electron chi connectivity index (χ1n) is 9.30. The molecular formula is C20H26N2O5S. The Morgan fingerprint density at radius 1 is 1.29 bits per heavy atom. The van der Waals surface area contributed by atoms with E-state index < -0.39 is 10.0 Å². The molecule has 28 heavy (non-hydrogen) atoms. The van der Waals surface area contributed by atoms with E-state index >= 15 is 0 Å². The number of ether oxygens (including phenoxy) is 1. The van der Waals surface area contributed by atoms with Gasteiger partial charge in [0.2, 0.25) is 10.0 Å². The quantitative estimate of drug-likeness (QED) is 0.797. The van der Waals surface area contributed by atoms with Crippen molar-refractivity contribution in [3.05, 3.63) is 47.4 Å². The van der Waals surface area contributed by atoms with Crippen molar-refractivity contribution in [3.8, 4) is 5.75 Å². The minimum Gasteiger partial charge on any atom is -0.497 e. The Bertz CT molecular complexity index is 934. The third-order valence-electron chi connectivity index (χ3n) is 4.97. The lowest BCUT2D eigenvalue weighted by Gasteiger charge is -2.32. The van der Waals surface area contributed by atoms with Crippen LogP contribution in [0.2, 0.25) is 0 Å². The summed E-state index contributed by atoms with van der Waals surface area (Å²) in [4.78, 5) is 14.7. The van der Waals surface area contributed by atoms with Crippen molar-refractivity contribution in [2.75, 3.05) is 26.7 Å². The first kappa shape index (κ1) is 20.4. The van der Waals surface area contributed by atoms with Gasteiger partial charge in [0.05, 0.1) is 12.0 Å². The van der Waals surface area contributed by atoms with E-state index in [1.807, 2.05) is 19.9 Å². The van der Waals surface area contributed by atoms with Crippen LogP contribution in [0.3, 0.4) is 0 Å². The molecule has 7 nitrogen and oxygen atoms in total. The first-order chi connectivity index (χ1) is 13.3. The van der Waals surface area contributed by atoms with Crippen LogP contribution in [0.1, 0.15) is 34.7 Å². The molecule has 8 heteroatoms. The van der Waals surface area contributed by atoms with E-state index in [1.165, 1.54) is 19.2 Å². The zero-order chi connectivity index (χ0) is 20.3. The molecule has 2 heterocycles. The fraction of sp³-hybridized carbons (Fsp3) is 0.450. The average Bonchev–Trinajstić information content (AvgIpc) is 3.04. The van der Waals surface area contributed by atoms with Crippen LogP contribution in [0.4, 0.5) is 0 Å². The largest absolute Gasteiger partial charge is 0.497 e. The number of amides is 1. The van der Waals surface area contributed by atoms with Crippen molar-refractivity contribution >= 4 is 15.9 Å². The third kappa shape index (κ3) is 4.56. The van der Waals surface area contributed by atoms with Crippen LogP contribution in [-0.2, 0) is 10.0 Å². The molecule has 3 rings (SSSR count). The average molecular weight is 407 g/mol. The highest BCUT2D eigenvalue weighted by Crippen LogP contribution is 2.22. The van der Waals surface area contributed by atoms with E-state index in [1.54, 1.807) is 17.0 Å². The Kier molecular flexibility index (Phi) is 6.10. The summed E-state index contributed by atoms with van der Waals surface area (Å²) in [7, 11) is -2.07.